The molecule has 1 N–H and O–H groups in total. The minimum Gasteiger partial charge on any atom is -0.465 e. The summed E-state index contributed by atoms with van der Waals surface area (Å²) in [6, 6.07) is 1.21. The molecule has 3 rings (SSSR count). The molecule has 2 aromatic heterocycles. The molecule has 1 amide bonds. The Balaban J connectivity index is 1.73. The van der Waals surface area contributed by atoms with Crippen LogP contribution in [0.2, 0.25) is 0 Å². The van der Waals surface area contributed by atoms with Crippen molar-refractivity contribution in [2.45, 2.75) is 63.1 Å². The highest BCUT2D eigenvalue weighted by Gasteiger charge is 2.36. The molecule has 12 heteroatoms. The lowest BCUT2D eigenvalue weighted by molar-refractivity contribution is 0.0601. The Labute approximate surface area is 185 Å². The van der Waals surface area contributed by atoms with Gasteiger partial charge in [-0.25, -0.2) is 13.2 Å². The first kappa shape index (κ1) is 23.4. The number of rotatable bonds is 8. The van der Waals surface area contributed by atoms with Crippen LogP contribution in [0.15, 0.2) is 22.5 Å². The summed E-state index contributed by atoms with van der Waals surface area (Å²) in [6.45, 7) is 4.54. The molecule has 1 aliphatic heterocycles. The second-order valence-electron chi connectivity index (χ2n) is 7.65. The summed E-state index contributed by atoms with van der Waals surface area (Å²) in [5, 5.41) is 12.2. The molecule has 0 saturated carbocycles. The van der Waals surface area contributed by atoms with Gasteiger partial charge in [0.25, 0.3) is 5.91 Å². The van der Waals surface area contributed by atoms with Gasteiger partial charge in [-0.05, 0) is 44.6 Å². The number of carbonyl (C=O) groups excluding carboxylic acids is 2. The molecular formula is C19H27N5O5S2. The third-order valence-corrected chi connectivity index (χ3v) is 8.06. The molecule has 0 spiro atoms. The number of nitrogens with zero attached hydrogens (tertiary/aromatic N) is 4. The number of amides is 1. The summed E-state index contributed by atoms with van der Waals surface area (Å²) in [5.74, 6) is -0.951. The Kier molecular flexibility index (Phi) is 7.44. The van der Waals surface area contributed by atoms with Gasteiger partial charge in [0.05, 0.1) is 13.3 Å². The number of hydrogen-bond donors (Lipinski definition) is 1. The Hall–Kier alpha value is -2.31. The minimum atomic E-state index is -3.85. The number of ether oxygens (including phenoxy) is 1. The van der Waals surface area contributed by atoms with Crippen LogP contribution in [0, 0.1) is 0 Å². The largest absolute Gasteiger partial charge is 0.465 e. The number of aryl methyl sites for hydroxylation is 1. The van der Waals surface area contributed by atoms with Crippen LogP contribution in [0.4, 0.5) is 0 Å². The SMILES string of the molecule is COC(=O)c1sccc1S(=O)(=O)N1CCCC[C@H]1CCn1cc(C(=O)NC(C)C)nn1. The lowest BCUT2D eigenvalue weighted by Crippen LogP contribution is -2.44. The van der Waals surface area contributed by atoms with E-state index in [9.17, 15) is 18.0 Å². The number of carbonyl (C=O) groups is 2. The van der Waals surface area contributed by atoms with E-state index in [1.54, 1.807) is 16.3 Å². The maximum absolute atomic E-state index is 13.3. The quantitative estimate of drug-likeness (QED) is 0.586. The van der Waals surface area contributed by atoms with E-state index < -0.39 is 16.0 Å². The molecule has 0 aromatic carbocycles. The van der Waals surface area contributed by atoms with Gasteiger partial charge in [0.2, 0.25) is 10.0 Å². The highest BCUT2D eigenvalue weighted by molar-refractivity contribution is 7.89. The molecule has 1 aliphatic rings. The van der Waals surface area contributed by atoms with Gasteiger partial charge in [-0.15, -0.1) is 16.4 Å². The van der Waals surface area contributed by atoms with E-state index in [0.717, 1.165) is 24.2 Å². The van der Waals surface area contributed by atoms with E-state index in [-0.39, 0.29) is 33.5 Å². The Morgan fingerprint density at radius 2 is 2.13 bits per heavy atom. The van der Waals surface area contributed by atoms with Crippen molar-refractivity contribution in [2.75, 3.05) is 13.7 Å². The molecule has 2 aromatic rings. The number of nitrogens with one attached hydrogen (secondary N) is 1. The number of hydrogen-bond acceptors (Lipinski definition) is 8. The van der Waals surface area contributed by atoms with Gasteiger partial charge in [-0.1, -0.05) is 11.6 Å². The fourth-order valence-corrected chi connectivity index (χ4v) is 6.61. The first-order valence-electron chi connectivity index (χ1n) is 10.1. The predicted molar refractivity (Wildman–Crippen MR) is 114 cm³/mol. The van der Waals surface area contributed by atoms with Crippen molar-refractivity contribution in [1.29, 1.82) is 0 Å². The molecule has 31 heavy (non-hydrogen) atoms. The van der Waals surface area contributed by atoms with Gasteiger partial charge in [-0.2, -0.15) is 4.31 Å². The summed E-state index contributed by atoms with van der Waals surface area (Å²) in [6.07, 6.45) is 4.48. The Bertz CT molecular complexity index is 1030. The maximum Gasteiger partial charge on any atom is 0.349 e. The second-order valence-corrected chi connectivity index (χ2v) is 10.4. The van der Waals surface area contributed by atoms with Crippen molar-refractivity contribution in [3.63, 3.8) is 0 Å². The monoisotopic (exact) mass is 469 g/mol. The van der Waals surface area contributed by atoms with Gasteiger partial charge in [-0.3, -0.25) is 9.48 Å². The van der Waals surface area contributed by atoms with E-state index in [4.69, 9.17) is 4.74 Å². The van der Waals surface area contributed by atoms with Crippen molar-refractivity contribution in [1.82, 2.24) is 24.6 Å². The van der Waals surface area contributed by atoms with Crippen molar-refractivity contribution >= 4 is 33.2 Å². The van der Waals surface area contributed by atoms with Crippen LogP contribution in [-0.4, -0.2) is 65.3 Å². The molecule has 0 unspecified atom stereocenters. The highest BCUT2D eigenvalue weighted by atomic mass is 32.2. The summed E-state index contributed by atoms with van der Waals surface area (Å²) in [5.41, 5.74) is 0.225. The third-order valence-electron chi connectivity index (χ3n) is 5.04. The Morgan fingerprint density at radius 3 is 2.84 bits per heavy atom. The maximum atomic E-state index is 13.3. The molecule has 1 atom stereocenters. The van der Waals surface area contributed by atoms with E-state index >= 15 is 0 Å². The molecule has 0 aliphatic carbocycles. The first-order chi connectivity index (χ1) is 14.7. The topological polar surface area (TPSA) is 123 Å². The van der Waals surface area contributed by atoms with Crippen molar-refractivity contribution in [2.24, 2.45) is 0 Å². The molecule has 0 bridgehead atoms. The van der Waals surface area contributed by atoms with Crippen molar-refractivity contribution < 1.29 is 22.7 Å². The number of methoxy groups -OCH3 is 1. The number of sulfonamides is 1. The van der Waals surface area contributed by atoms with Gasteiger partial charge in [0.1, 0.15) is 9.77 Å². The van der Waals surface area contributed by atoms with Crippen LogP contribution in [0.3, 0.4) is 0 Å². The number of piperidine rings is 1. The minimum absolute atomic E-state index is 0.00867. The van der Waals surface area contributed by atoms with E-state index in [0.29, 0.717) is 25.9 Å². The zero-order valence-corrected chi connectivity index (χ0v) is 19.4. The van der Waals surface area contributed by atoms with Crippen LogP contribution in [0.5, 0.6) is 0 Å². The lowest BCUT2D eigenvalue weighted by Gasteiger charge is -2.34. The summed E-state index contributed by atoms with van der Waals surface area (Å²) in [7, 11) is -2.61. The summed E-state index contributed by atoms with van der Waals surface area (Å²) in [4.78, 5) is 24.1. The zero-order chi connectivity index (χ0) is 22.6. The van der Waals surface area contributed by atoms with Gasteiger partial charge in [0.15, 0.2) is 5.69 Å². The van der Waals surface area contributed by atoms with Crippen LogP contribution < -0.4 is 5.32 Å². The Morgan fingerprint density at radius 1 is 1.35 bits per heavy atom. The molecule has 170 valence electrons. The van der Waals surface area contributed by atoms with E-state index in [1.807, 2.05) is 13.8 Å². The van der Waals surface area contributed by atoms with Crippen molar-refractivity contribution in [3.05, 3.63) is 28.2 Å². The molecule has 0 radical (unpaired) electrons. The standard InChI is InChI=1S/C19H27N5O5S2/c1-13(2)20-18(25)15-12-23(22-21-15)10-7-14-6-4-5-9-24(14)31(27,28)16-8-11-30-17(16)19(26)29-3/h8,11-14H,4-7,9-10H2,1-3H3,(H,20,25)/t14-/m0/s1. The van der Waals surface area contributed by atoms with Crippen LogP contribution in [-0.2, 0) is 21.3 Å². The molecular weight excluding hydrogens is 442 g/mol. The predicted octanol–water partition coefficient (Wildman–Crippen LogP) is 1.90. The average molecular weight is 470 g/mol. The van der Waals surface area contributed by atoms with Crippen LogP contribution in [0.1, 0.15) is 59.7 Å². The lowest BCUT2D eigenvalue weighted by atomic mass is 10.0. The first-order valence-corrected chi connectivity index (χ1v) is 12.4. The molecule has 10 nitrogen and oxygen atoms in total. The summed E-state index contributed by atoms with van der Waals surface area (Å²) < 4.78 is 34.5. The smallest absolute Gasteiger partial charge is 0.349 e. The van der Waals surface area contributed by atoms with Gasteiger partial charge < -0.3 is 10.1 Å². The van der Waals surface area contributed by atoms with Crippen LogP contribution >= 0.6 is 11.3 Å². The fourth-order valence-electron chi connectivity index (χ4n) is 3.58. The summed E-state index contributed by atoms with van der Waals surface area (Å²) >= 11 is 1.05. The number of thiophene rings is 1. The normalized spacial score (nSPS) is 17.6. The van der Waals surface area contributed by atoms with Crippen molar-refractivity contribution in [3.8, 4) is 0 Å². The van der Waals surface area contributed by atoms with Gasteiger partial charge in [0, 0.05) is 25.2 Å². The van der Waals surface area contributed by atoms with Gasteiger partial charge >= 0.3 is 5.97 Å². The fraction of sp³-hybridized carbons (Fsp3) is 0.579. The zero-order valence-electron chi connectivity index (χ0n) is 17.8. The highest BCUT2D eigenvalue weighted by Crippen LogP contribution is 2.31. The third kappa shape index (κ3) is 5.31. The number of esters is 1. The molecule has 1 saturated heterocycles. The van der Waals surface area contributed by atoms with E-state index in [1.165, 1.54) is 17.5 Å². The van der Waals surface area contributed by atoms with E-state index in [2.05, 4.69) is 15.6 Å². The molecule has 1 fully saturated rings. The second kappa shape index (κ2) is 9.88. The number of aromatic nitrogens is 3. The van der Waals surface area contributed by atoms with Crippen LogP contribution in [0.25, 0.3) is 0 Å². The molecule has 3 heterocycles. The average Bonchev–Trinajstić information content (AvgIpc) is 3.41.